The molecule has 0 saturated heterocycles. The number of thiophene rings is 1. The molecule has 1 N–H and O–H groups in total. The van der Waals surface area contributed by atoms with E-state index in [4.69, 9.17) is 0 Å². The van der Waals surface area contributed by atoms with Gasteiger partial charge in [0.15, 0.2) is 5.78 Å². The van der Waals surface area contributed by atoms with E-state index < -0.39 is 0 Å². The molecule has 0 radical (unpaired) electrons. The van der Waals surface area contributed by atoms with Gasteiger partial charge in [-0.3, -0.25) is 9.59 Å². The van der Waals surface area contributed by atoms with Gasteiger partial charge in [-0.15, -0.1) is 11.3 Å². The van der Waals surface area contributed by atoms with Crippen molar-refractivity contribution in [2.24, 2.45) is 0 Å². The van der Waals surface area contributed by atoms with E-state index in [0.29, 0.717) is 11.3 Å². The minimum absolute atomic E-state index is 0.0131. The molecule has 0 saturated carbocycles. The molecule has 2 aromatic carbocycles. The van der Waals surface area contributed by atoms with Gasteiger partial charge in [0.25, 0.3) is 0 Å². The predicted octanol–water partition coefficient (Wildman–Crippen LogP) is 6.30. The second kappa shape index (κ2) is 9.22. The lowest BCUT2D eigenvalue weighted by Gasteiger charge is -2.12. The minimum Gasteiger partial charge on any atom is -0.326 e. The Morgan fingerprint density at radius 1 is 1.03 bits per heavy atom. The monoisotopic (exact) mass is 461 g/mol. The summed E-state index contributed by atoms with van der Waals surface area (Å²) in [5.41, 5.74) is 5.98. The molecule has 5 nitrogen and oxygen atoms in total. The van der Waals surface area contributed by atoms with Crippen LogP contribution in [0.15, 0.2) is 59.2 Å². The lowest BCUT2D eigenvalue weighted by Crippen LogP contribution is -2.14. The Kier molecular flexibility index (Phi) is 6.39. The van der Waals surface area contributed by atoms with Crippen molar-refractivity contribution in [3.63, 3.8) is 0 Å². The first kappa shape index (κ1) is 22.2. The summed E-state index contributed by atoms with van der Waals surface area (Å²) < 4.78 is 0. The largest absolute Gasteiger partial charge is 0.326 e. The summed E-state index contributed by atoms with van der Waals surface area (Å²) in [6.45, 7) is 7.56. The molecule has 1 unspecified atom stereocenters. The summed E-state index contributed by atoms with van der Waals surface area (Å²) >= 11 is 3.04. The van der Waals surface area contributed by atoms with Crippen LogP contribution in [0.1, 0.15) is 35.3 Å². The fraction of sp³-hybridized carbons (Fsp3) is 0.200. The van der Waals surface area contributed by atoms with Crippen LogP contribution in [0.4, 0.5) is 5.69 Å². The number of benzene rings is 2. The fourth-order valence-electron chi connectivity index (χ4n) is 3.44. The molecule has 0 bridgehead atoms. The standard InChI is InChI=1S/C25H23N3O2S2/c1-14-5-6-19(11-15(14)2)21-12-31-24-22(21)25(27-13-26-24)32-16(3)23(30)18-7-9-20(10-8-18)28-17(4)29/h5-13,16H,1-4H3,(H,28,29). The zero-order valence-corrected chi connectivity index (χ0v) is 19.9. The zero-order chi connectivity index (χ0) is 22.8. The summed E-state index contributed by atoms with van der Waals surface area (Å²) in [6, 6.07) is 13.4. The second-order valence-corrected chi connectivity index (χ2v) is 9.88. The maximum Gasteiger partial charge on any atom is 0.221 e. The third-order valence-corrected chi connectivity index (χ3v) is 7.29. The number of hydrogen-bond donors (Lipinski definition) is 1. The third-order valence-electron chi connectivity index (χ3n) is 5.30. The van der Waals surface area contributed by atoms with Crippen LogP contribution >= 0.6 is 23.1 Å². The van der Waals surface area contributed by atoms with Gasteiger partial charge in [0.2, 0.25) is 5.91 Å². The highest BCUT2D eigenvalue weighted by Gasteiger charge is 2.21. The molecule has 2 heterocycles. The number of hydrogen-bond acceptors (Lipinski definition) is 6. The first-order chi connectivity index (χ1) is 15.3. The van der Waals surface area contributed by atoms with E-state index in [1.807, 2.05) is 6.92 Å². The van der Waals surface area contributed by atoms with Crippen LogP contribution in [0.5, 0.6) is 0 Å². The number of Topliss-reactive ketones (excluding diaryl/α,β-unsaturated/α-hetero) is 1. The maximum absolute atomic E-state index is 13.0. The number of fused-ring (bicyclic) bond motifs is 1. The number of amides is 1. The van der Waals surface area contributed by atoms with Crippen molar-refractivity contribution in [1.82, 2.24) is 9.97 Å². The fourth-order valence-corrected chi connectivity index (χ4v) is 5.43. The van der Waals surface area contributed by atoms with Gasteiger partial charge >= 0.3 is 0 Å². The van der Waals surface area contributed by atoms with E-state index in [2.05, 4.69) is 52.7 Å². The van der Waals surface area contributed by atoms with Gasteiger partial charge in [0, 0.05) is 29.1 Å². The molecule has 1 atom stereocenters. The van der Waals surface area contributed by atoms with E-state index >= 15 is 0 Å². The average molecular weight is 462 g/mol. The molecular weight excluding hydrogens is 438 g/mol. The van der Waals surface area contributed by atoms with Crippen molar-refractivity contribution in [3.8, 4) is 11.1 Å². The number of carbonyl (C=O) groups is 2. The van der Waals surface area contributed by atoms with Crippen LogP contribution in [0.3, 0.4) is 0 Å². The molecule has 0 aliphatic heterocycles. The molecule has 1 amide bonds. The van der Waals surface area contributed by atoms with Gasteiger partial charge in [-0.05, 0) is 61.7 Å². The van der Waals surface area contributed by atoms with Crippen molar-refractivity contribution >= 4 is 50.7 Å². The third kappa shape index (κ3) is 4.59. The smallest absolute Gasteiger partial charge is 0.221 e. The summed E-state index contributed by atoms with van der Waals surface area (Å²) in [6.07, 6.45) is 1.56. The number of anilines is 1. The summed E-state index contributed by atoms with van der Waals surface area (Å²) in [4.78, 5) is 34.1. The Bertz CT molecular complexity index is 1310. The van der Waals surface area contributed by atoms with Crippen LogP contribution in [-0.4, -0.2) is 26.9 Å². The van der Waals surface area contributed by atoms with Crippen LogP contribution in [0.25, 0.3) is 21.3 Å². The Morgan fingerprint density at radius 2 is 1.78 bits per heavy atom. The van der Waals surface area contributed by atoms with Gasteiger partial charge in [-0.25, -0.2) is 9.97 Å². The quantitative estimate of drug-likeness (QED) is 0.207. The number of ketones is 1. The summed E-state index contributed by atoms with van der Waals surface area (Å²) in [5.74, 6) is -0.129. The van der Waals surface area contributed by atoms with Crippen molar-refractivity contribution in [1.29, 1.82) is 0 Å². The van der Waals surface area contributed by atoms with Crippen LogP contribution in [-0.2, 0) is 4.79 Å². The summed E-state index contributed by atoms with van der Waals surface area (Å²) in [7, 11) is 0. The highest BCUT2D eigenvalue weighted by molar-refractivity contribution is 8.00. The number of aryl methyl sites for hydroxylation is 2. The number of thioether (sulfide) groups is 1. The van der Waals surface area contributed by atoms with Gasteiger partial charge in [0.1, 0.15) is 16.2 Å². The van der Waals surface area contributed by atoms with Crippen molar-refractivity contribution in [2.45, 2.75) is 38.0 Å². The zero-order valence-electron chi connectivity index (χ0n) is 18.3. The first-order valence-corrected chi connectivity index (χ1v) is 12.0. The van der Waals surface area contributed by atoms with E-state index in [9.17, 15) is 9.59 Å². The molecular formula is C25H23N3O2S2. The van der Waals surface area contributed by atoms with Gasteiger partial charge < -0.3 is 5.32 Å². The molecule has 0 fully saturated rings. The van der Waals surface area contributed by atoms with E-state index in [1.165, 1.54) is 29.8 Å². The van der Waals surface area contributed by atoms with Crippen LogP contribution in [0, 0.1) is 13.8 Å². The molecule has 4 rings (SSSR count). The molecule has 32 heavy (non-hydrogen) atoms. The highest BCUT2D eigenvalue weighted by Crippen LogP contribution is 2.39. The van der Waals surface area contributed by atoms with Crippen molar-refractivity contribution < 1.29 is 9.59 Å². The van der Waals surface area contributed by atoms with Gasteiger partial charge in [0.05, 0.1) is 10.6 Å². The maximum atomic E-state index is 13.0. The van der Waals surface area contributed by atoms with E-state index in [1.54, 1.807) is 41.9 Å². The average Bonchev–Trinajstić information content (AvgIpc) is 3.20. The molecule has 162 valence electrons. The Hall–Kier alpha value is -3.03. The highest BCUT2D eigenvalue weighted by atomic mass is 32.2. The number of carbonyl (C=O) groups excluding carboxylic acids is 2. The molecule has 7 heteroatoms. The SMILES string of the molecule is CC(=O)Nc1ccc(C(=O)C(C)Sc2ncnc3scc(-c4ccc(C)c(C)c4)c23)cc1. The number of rotatable bonds is 6. The summed E-state index contributed by atoms with van der Waals surface area (Å²) in [5, 5.41) is 6.30. The van der Waals surface area contributed by atoms with E-state index in [0.717, 1.165) is 26.4 Å². The first-order valence-electron chi connectivity index (χ1n) is 10.2. The van der Waals surface area contributed by atoms with Crippen LogP contribution < -0.4 is 5.32 Å². The minimum atomic E-state index is -0.327. The Balaban J connectivity index is 1.62. The van der Waals surface area contributed by atoms with E-state index in [-0.39, 0.29) is 16.9 Å². The number of nitrogens with zero attached hydrogens (tertiary/aromatic N) is 2. The lowest BCUT2D eigenvalue weighted by molar-refractivity contribution is -0.114. The van der Waals surface area contributed by atoms with Gasteiger partial charge in [-0.2, -0.15) is 0 Å². The van der Waals surface area contributed by atoms with Crippen molar-refractivity contribution in [2.75, 3.05) is 5.32 Å². The second-order valence-electron chi connectivity index (χ2n) is 7.69. The Labute approximate surface area is 195 Å². The topological polar surface area (TPSA) is 72.0 Å². The molecule has 2 aromatic heterocycles. The molecule has 0 aliphatic carbocycles. The number of nitrogens with one attached hydrogen (secondary N) is 1. The van der Waals surface area contributed by atoms with Gasteiger partial charge in [-0.1, -0.05) is 30.0 Å². The normalized spacial score (nSPS) is 12.0. The molecule has 0 spiro atoms. The Morgan fingerprint density at radius 3 is 2.47 bits per heavy atom. The van der Waals surface area contributed by atoms with Crippen LogP contribution in [0.2, 0.25) is 0 Å². The lowest BCUT2D eigenvalue weighted by atomic mass is 10.0. The molecule has 0 aliphatic rings. The number of aromatic nitrogens is 2. The molecule has 4 aromatic rings. The van der Waals surface area contributed by atoms with Crippen molar-refractivity contribution in [3.05, 3.63) is 70.9 Å². The predicted molar refractivity (Wildman–Crippen MR) is 133 cm³/mol.